The minimum absolute atomic E-state index is 0. The Bertz CT molecular complexity index is 642. The molecule has 2 heterocycles. The summed E-state index contributed by atoms with van der Waals surface area (Å²) in [5.74, 6) is 1.89. The monoisotopic (exact) mass is 593 g/mol. The molecule has 0 saturated heterocycles. The Morgan fingerprint density at radius 3 is 1.82 bits per heavy atom. The molecule has 33 heavy (non-hydrogen) atoms. The number of halogens is 2. The van der Waals surface area contributed by atoms with E-state index in [0.717, 1.165) is 0 Å². The molecule has 0 amide bonds. The van der Waals surface area contributed by atoms with Crippen molar-refractivity contribution in [3.05, 3.63) is 36.7 Å². The molecule has 2 aromatic rings. The van der Waals surface area contributed by atoms with E-state index in [0.29, 0.717) is 23.0 Å². The van der Waals surface area contributed by atoms with Gasteiger partial charge in [0.2, 0.25) is 11.8 Å². The van der Waals surface area contributed by atoms with E-state index in [1.54, 1.807) is 45.7 Å². The molecule has 0 unspecified atom stereocenters. The molecular weight excluding hydrogens is 565 g/mol. The Balaban J connectivity index is -0.0000000815. The number of methoxy groups -OCH3 is 4. The molecule has 11 nitrogen and oxygen atoms in total. The van der Waals surface area contributed by atoms with Crippen LogP contribution in [0.3, 0.4) is 0 Å². The summed E-state index contributed by atoms with van der Waals surface area (Å²) in [5, 5.41) is 17.2. The third kappa shape index (κ3) is 32.5. The molecule has 2 aromatic heterocycles. The van der Waals surface area contributed by atoms with Crippen molar-refractivity contribution in [2.75, 3.05) is 47.9 Å². The topological polar surface area (TPSA) is 142 Å². The van der Waals surface area contributed by atoms with Crippen molar-refractivity contribution in [1.82, 2.24) is 9.97 Å². The van der Waals surface area contributed by atoms with Gasteiger partial charge in [-0.15, -0.1) is 0 Å². The molecule has 0 fully saturated rings. The van der Waals surface area contributed by atoms with Crippen LogP contribution in [0.25, 0.3) is 0 Å². The Labute approximate surface area is 289 Å². The minimum Gasteiger partial charge on any atom is -1.00 e. The number of hydrogen-bond donors (Lipinski definition) is 1. The summed E-state index contributed by atoms with van der Waals surface area (Å²) in [5.41, 5.74) is 0.632. The van der Waals surface area contributed by atoms with E-state index in [1.165, 1.54) is 19.4 Å². The first kappa shape index (κ1) is 40.7. The van der Waals surface area contributed by atoms with E-state index in [-0.39, 0.29) is 123 Å². The standard InChI is InChI=1S/C8H11NO3.C6H7NO2.C2H5BrO.CH3F.CH2O3.2K.H/c1-10-6-12-7-3-4-8(11-2)9-5-7;1-9-6-3-2-5(8)4-7-6;1-4-2-3;1-2;2-1-4-3;;;/h3-5H,6H2,1-2H3;2-4,8H,1H3;2H2,1H3;1H3;1,3H;;;/q;;;;;2*+1;-1/p-1/i;;;1D;;;;. The normalized spacial score (nSPS) is 8.03. The Morgan fingerprint density at radius 2 is 1.55 bits per heavy atom. The largest absolute Gasteiger partial charge is 1.00 e. The number of alkyl halides is 2. The molecule has 0 bridgehead atoms. The van der Waals surface area contributed by atoms with Crippen LogP contribution in [0.5, 0.6) is 23.3 Å². The molecule has 0 aliphatic rings. The van der Waals surface area contributed by atoms with Gasteiger partial charge >= 0.3 is 103 Å². The SMILES string of the molecule is COCBr.COCOc1ccc(OC)nc1.COc1ccc(O)cn1.O=CO[O-].[2H]CF.[H-].[K+].[K+]. The van der Waals surface area contributed by atoms with Crippen molar-refractivity contribution in [2.24, 2.45) is 0 Å². The fraction of sp³-hybridized carbons (Fsp3) is 0.389. The fourth-order valence-electron chi connectivity index (χ4n) is 1.19. The second kappa shape index (κ2) is 37.1. The summed E-state index contributed by atoms with van der Waals surface area (Å²) in [4.78, 5) is 18.9. The van der Waals surface area contributed by atoms with Crippen LogP contribution in [0.15, 0.2) is 36.7 Å². The van der Waals surface area contributed by atoms with Gasteiger partial charge in [0, 0.05) is 26.4 Å². The number of ether oxygens (including phenoxy) is 5. The van der Waals surface area contributed by atoms with Gasteiger partial charge in [0.1, 0.15) is 17.0 Å². The number of carbonyl (C=O) groups is 1. The molecular formula is C18H28BrFK2N2O9. The molecule has 2 rings (SSSR count). The van der Waals surface area contributed by atoms with Crippen LogP contribution >= 0.6 is 15.9 Å². The van der Waals surface area contributed by atoms with Crippen LogP contribution in [0, 0.1) is 0 Å². The fourth-order valence-corrected chi connectivity index (χ4v) is 1.19. The second-order valence-electron chi connectivity index (χ2n) is 4.24. The molecule has 0 spiro atoms. The van der Waals surface area contributed by atoms with Gasteiger partial charge < -0.3 is 40.4 Å². The van der Waals surface area contributed by atoms with E-state index in [1.807, 2.05) is 0 Å². The predicted molar refractivity (Wildman–Crippen MR) is 112 cm³/mol. The first-order valence-corrected chi connectivity index (χ1v) is 8.99. The zero-order valence-electron chi connectivity index (χ0n) is 21.5. The van der Waals surface area contributed by atoms with Crippen LogP contribution in [0.4, 0.5) is 4.39 Å². The Hall–Kier alpha value is 0.533. The molecule has 0 aliphatic heterocycles. The minimum atomic E-state index is -1.00. The first-order valence-electron chi connectivity index (χ1n) is 8.58. The zero-order chi connectivity index (χ0) is 25.0. The summed E-state index contributed by atoms with van der Waals surface area (Å²) in [6.45, 7) is 0.0496. The molecule has 0 saturated carbocycles. The van der Waals surface area contributed by atoms with Gasteiger partial charge in [0.15, 0.2) is 6.79 Å². The van der Waals surface area contributed by atoms with Crippen molar-refractivity contribution in [2.45, 2.75) is 0 Å². The predicted octanol–water partition coefficient (Wildman–Crippen LogP) is -4.01. The number of aromatic nitrogens is 2. The van der Waals surface area contributed by atoms with Crippen molar-refractivity contribution in [3.63, 3.8) is 0 Å². The maximum Gasteiger partial charge on any atom is 1.00 e. The number of pyridine rings is 2. The van der Waals surface area contributed by atoms with Gasteiger partial charge in [-0.2, -0.15) is 0 Å². The van der Waals surface area contributed by atoms with E-state index >= 15 is 0 Å². The number of aromatic hydroxyl groups is 1. The molecule has 15 heteroatoms. The van der Waals surface area contributed by atoms with Gasteiger partial charge in [0.25, 0.3) is 6.47 Å². The van der Waals surface area contributed by atoms with Crippen LogP contribution in [-0.2, 0) is 19.2 Å². The maximum absolute atomic E-state index is 9.96. The Morgan fingerprint density at radius 1 is 1.09 bits per heavy atom. The van der Waals surface area contributed by atoms with Crippen molar-refractivity contribution in [3.8, 4) is 23.3 Å². The molecule has 0 atom stereocenters. The quantitative estimate of drug-likeness (QED) is 0.0838. The average Bonchev–Trinajstić information content (AvgIpc) is 2.84. The molecule has 0 aliphatic carbocycles. The van der Waals surface area contributed by atoms with Crippen LogP contribution in [0.1, 0.15) is 2.80 Å². The maximum atomic E-state index is 9.96. The number of nitrogens with zero attached hydrogens (tertiary/aromatic N) is 2. The zero-order valence-corrected chi connectivity index (χ0v) is 27.4. The van der Waals surface area contributed by atoms with Crippen molar-refractivity contribution in [1.29, 1.82) is 0 Å². The van der Waals surface area contributed by atoms with Crippen molar-refractivity contribution >= 4 is 22.4 Å². The van der Waals surface area contributed by atoms with Gasteiger partial charge in [0.05, 0.1) is 35.1 Å². The summed E-state index contributed by atoms with van der Waals surface area (Å²) >= 11 is 3.03. The van der Waals surface area contributed by atoms with E-state index in [9.17, 15) is 4.39 Å². The number of rotatable bonds is 7. The summed E-state index contributed by atoms with van der Waals surface area (Å²) in [7, 11) is 5.29. The van der Waals surface area contributed by atoms with Crippen LogP contribution < -0.4 is 122 Å². The molecule has 0 aromatic carbocycles. The second-order valence-corrected chi connectivity index (χ2v) is 4.69. The van der Waals surface area contributed by atoms with Gasteiger partial charge in [-0.1, -0.05) is 15.9 Å². The number of carbonyl (C=O) groups excluding carboxylic acids is 1. The summed E-state index contributed by atoms with van der Waals surface area (Å²) in [6.07, 6.45) is 2.91. The number of hydrogen-bond acceptors (Lipinski definition) is 11. The first-order chi connectivity index (χ1) is 15.4. The van der Waals surface area contributed by atoms with Crippen LogP contribution in [-0.4, -0.2) is 69.4 Å². The van der Waals surface area contributed by atoms with E-state index < -0.39 is 7.15 Å². The molecule has 180 valence electrons. The molecule has 1 N–H and O–H groups in total. The third-order valence-corrected chi connectivity index (χ3v) is 2.80. The van der Waals surface area contributed by atoms with Crippen LogP contribution in [0.2, 0.25) is 0 Å². The van der Waals surface area contributed by atoms with Gasteiger partial charge in [-0.05, 0) is 12.1 Å². The van der Waals surface area contributed by atoms with Crippen molar-refractivity contribution < 1.29 is 154 Å². The van der Waals surface area contributed by atoms with Gasteiger partial charge in [-0.3, -0.25) is 9.18 Å². The van der Waals surface area contributed by atoms with E-state index in [2.05, 4.69) is 35.5 Å². The Kier molecular flexibility index (Phi) is 45.7. The van der Waals surface area contributed by atoms with Gasteiger partial charge in [-0.25, -0.2) is 9.97 Å². The summed E-state index contributed by atoms with van der Waals surface area (Å²) in [6, 6.07) is 6.61. The average molecular weight is 595 g/mol. The smallest absolute Gasteiger partial charge is 1.00 e. The van der Waals surface area contributed by atoms with E-state index in [4.69, 9.17) is 35.5 Å². The third-order valence-electron chi connectivity index (χ3n) is 2.34. The molecule has 0 radical (unpaired) electrons. The summed E-state index contributed by atoms with van der Waals surface area (Å²) < 4.78 is 39.4.